The van der Waals surface area contributed by atoms with E-state index in [1.807, 2.05) is 0 Å². The summed E-state index contributed by atoms with van der Waals surface area (Å²) in [7, 11) is 0. The van der Waals surface area contributed by atoms with Gasteiger partial charge in [0.2, 0.25) is 0 Å². The van der Waals surface area contributed by atoms with Gasteiger partial charge in [-0.05, 0) is 0 Å². The minimum atomic E-state index is 0. The molecule has 0 aromatic carbocycles. The van der Waals surface area contributed by atoms with E-state index in [-0.39, 0.29) is 1.43 Å². The quantitative estimate of drug-likeness (QED) is 0.556. The molecule has 0 atom stereocenters. The summed E-state index contributed by atoms with van der Waals surface area (Å²) >= 11 is 0. The number of fused-ring (bicyclic) bond motifs is 1. The molecule has 0 unspecified atom stereocenters. The maximum absolute atomic E-state index is 3.96. The van der Waals surface area contributed by atoms with Gasteiger partial charge < -0.3 is 4.98 Å². The summed E-state index contributed by atoms with van der Waals surface area (Å²) in [6.45, 7) is 0. The van der Waals surface area contributed by atoms with Gasteiger partial charge in [-0.3, -0.25) is 0 Å². The van der Waals surface area contributed by atoms with Crippen LogP contribution in [0.2, 0.25) is 0 Å². The first-order chi connectivity index (χ1) is 4.47. The molecular weight excluding hydrogens is 116 g/mol. The molecule has 0 aliphatic carbocycles. The number of aromatic amines is 1. The Hall–Kier alpha value is -1.45. The van der Waals surface area contributed by atoms with Gasteiger partial charge in [-0.25, -0.2) is 4.98 Å². The molecule has 0 saturated heterocycles. The first-order valence-corrected chi connectivity index (χ1v) is 2.56. The average molecular weight is 122 g/mol. The van der Waals surface area contributed by atoms with Gasteiger partial charge in [0.15, 0.2) is 0 Å². The van der Waals surface area contributed by atoms with Crippen LogP contribution < -0.4 is 0 Å². The van der Waals surface area contributed by atoms with Gasteiger partial charge in [0.25, 0.3) is 0 Å². The van der Waals surface area contributed by atoms with Crippen molar-refractivity contribution in [3.05, 3.63) is 18.7 Å². The number of nitrogens with one attached hydrogen (secondary N) is 1. The van der Waals surface area contributed by atoms with E-state index in [2.05, 4.69) is 20.2 Å². The molecule has 2 aromatic heterocycles. The van der Waals surface area contributed by atoms with Gasteiger partial charge in [-0.1, -0.05) is 0 Å². The molecule has 0 aliphatic heterocycles. The van der Waals surface area contributed by atoms with Crippen molar-refractivity contribution in [2.45, 2.75) is 0 Å². The topological polar surface area (TPSA) is 54.5 Å². The number of imidazole rings is 1. The summed E-state index contributed by atoms with van der Waals surface area (Å²) in [5, 5.41) is 7.32. The van der Waals surface area contributed by atoms with Crippen LogP contribution in [0.1, 0.15) is 1.43 Å². The number of aromatic nitrogens is 4. The van der Waals surface area contributed by atoms with E-state index in [1.54, 1.807) is 18.7 Å². The molecule has 9 heavy (non-hydrogen) atoms. The fourth-order valence-electron chi connectivity index (χ4n) is 0.700. The Morgan fingerprint density at radius 3 is 3.11 bits per heavy atom. The monoisotopic (exact) mass is 122 g/mol. The van der Waals surface area contributed by atoms with Crippen molar-refractivity contribution in [1.29, 1.82) is 0 Å². The second-order valence-electron chi connectivity index (χ2n) is 1.69. The Labute approximate surface area is 52.4 Å². The van der Waals surface area contributed by atoms with Crippen LogP contribution in [0.3, 0.4) is 0 Å². The highest BCUT2D eigenvalue weighted by Crippen LogP contribution is 2.01. The van der Waals surface area contributed by atoms with Crippen molar-refractivity contribution >= 4 is 11.0 Å². The van der Waals surface area contributed by atoms with Crippen molar-refractivity contribution in [2.75, 3.05) is 0 Å². The Kier molecular flexibility index (Phi) is 0.745. The lowest BCUT2D eigenvalue weighted by molar-refractivity contribution is 1.05. The Morgan fingerprint density at radius 2 is 2.22 bits per heavy atom. The predicted octanol–water partition coefficient (Wildman–Crippen LogP) is 0.599. The molecule has 0 radical (unpaired) electrons. The number of H-pyrrole nitrogens is 1. The van der Waals surface area contributed by atoms with Gasteiger partial charge in [0.1, 0.15) is 5.52 Å². The minimum absolute atomic E-state index is 0. The first kappa shape index (κ1) is 4.43. The van der Waals surface area contributed by atoms with E-state index in [9.17, 15) is 0 Å². The zero-order chi connectivity index (χ0) is 6.10. The van der Waals surface area contributed by atoms with E-state index in [0.717, 1.165) is 11.0 Å². The number of rotatable bonds is 0. The largest absolute Gasteiger partial charge is 0.343 e. The highest BCUT2D eigenvalue weighted by molar-refractivity contribution is 5.71. The van der Waals surface area contributed by atoms with Crippen LogP contribution in [0.4, 0.5) is 0 Å². The zero-order valence-electron chi connectivity index (χ0n) is 4.57. The fourth-order valence-corrected chi connectivity index (χ4v) is 0.700. The maximum atomic E-state index is 3.96. The molecule has 2 rings (SSSR count). The van der Waals surface area contributed by atoms with Crippen LogP contribution in [-0.2, 0) is 0 Å². The van der Waals surface area contributed by atoms with Crippen molar-refractivity contribution in [1.82, 2.24) is 20.2 Å². The lowest BCUT2D eigenvalue weighted by Gasteiger charge is -1.79. The lowest BCUT2D eigenvalue weighted by Crippen LogP contribution is -1.76. The molecule has 0 amide bonds. The molecule has 4 heteroatoms. The second-order valence-corrected chi connectivity index (χ2v) is 1.69. The summed E-state index contributed by atoms with van der Waals surface area (Å²) in [5.74, 6) is 0. The lowest BCUT2D eigenvalue weighted by atomic mass is 10.5. The zero-order valence-corrected chi connectivity index (χ0v) is 4.57. The van der Waals surface area contributed by atoms with Gasteiger partial charge >= 0.3 is 0 Å². The van der Waals surface area contributed by atoms with E-state index in [4.69, 9.17) is 0 Å². The predicted molar refractivity (Wildman–Crippen MR) is 33.8 cm³/mol. The van der Waals surface area contributed by atoms with Crippen molar-refractivity contribution in [3.8, 4) is 0 Å². The SMILES string of the molecule is [HH].c1nc2cnncc2[nH]1. The highest BCUT2D eigenvalue weighted by Gasteiger charge is 1.90. The summed E-state index contributed by atoms with van der Waals surface area (Å²) < 4.78 is 0. The van der Waals surface area contributed by atoms with Crippen LogP contribution in [0.25, 0.3) is 11.0 Å². The molecule has 2 aromatic rings. The summed E-state index contributed by atoms with van der Waals surface area (Å²) in [6, 6.07) is 0. The molecule has 0 spiro atoms. The van der Waals surface area contributed by atoms with E-state index < -0.39 is 0 Å². The van der Waals surface area contributed by atoms with Crippen LogP contribution in [0, 0.1) is 0 Å². The normalized spacial score (nSPS) is 10.2. The number of hydrogen-bond acceptors (Lipinski definition) is 3. The Bertz CT molecular complexity index is 288. The number of nitrogens with zero attached hydrogens (tertiary/aromatic N) is 3. The highest BCUT2D eigenvalue weighted by atomic mass is 15.1. The molecule has 4 nitrogen and oxygen atoms in total. The first-order valence-electron chi connectivity index (χ1n) is 2.56. The molecule has 0 fully saturated rings. The van der Waals surface area contributed by atoms with E-state index in [1.165, 1.54) is 0 Å². The summed E-state index contributed by atoms with van der Waals surface area (Å²) in [4.78, 5) is 6.87. The average Bonchev–Trinajstić information content (AvgIpc) is 2.33. The summed E-state index contributed by atoms with van der Waals surface area (Å²) in [5.41, 5.74) is 1.77. The molecule has 0 aliphatic rings. The summed E-state index contributed by atoms with van der Waals surface area (Å²) in [6.07, 6.45) is 4.88. The number of hydrogen-bond donors (Lipinski definition) is 1. The van der Waals surface area contributed by atoms with Crippen molar-refractivity contribution in [3.63, 3.8) is 0 Å². The third kappa shape index (κ3) is 0.561. The molecule has 0 bridgehead atoms. The minimum Gasteiger partial charge on any atom is -0.343 e. The van der Waals surface area contributed by atoms with Gasteiger partial charge in [-0.15, -0.1) is 0 Å². The molecule has 46 valence electrons. The Morgan fingerprint density at radius 1 is 1.33 bits per heavy atom. The van der Waals surface area contributed by atoms with Crippen molar-refractivity contribution < 1.29 is 1.43 Å². The third-order valence-corrected chi connectivity index (χ3v) is 1.13. The van der Waals surface area contributed by atoms with Gasteiger partial charge in [0, 0.05) is 1.43 Å². The molecule has 1 N–H and O–H groups in total. The molecule has 2 heterocycles. The van der Waals surface area contributed by atoms with Crippen LogP contribution in [-0.4, -0.2) is 20.2 Å². The van der Waals surface area contributed by atoms with Gasteiger partial charge in [0.05, 0.1) is 24.2 Å². The smallest absolute Gasteiger partial charge is 0.110 e. The second kappa shape index (κ2) is 1.51. The van der Waals surface area contributed by atoms with E-state index >= 15 is 0 Å². The van der Waals surface area contributed by atoms with E-state index in [0.29, 0.717) is 0 Å². The van der Waals surface area contributed by atoms with Crippen LogP contribution in [0.5, 0.6) is 0 Å². The van der Waals surface area contributed by atoms with Gasteiger partial charge in [-0.2, -0.15) is 10.2 Å². The van der Waals surface area contributed by atoms with Crippen LogP contribution >= 0.6 is 0 Å². The maximum Gasteiger partial charge on any atom is 0.110 e. The van der Waals surface area contributed by atoms with Crippen LogP contribution in [0.15, 0.2) is 18.7 Å². The molecular formula is C5H6N4. The molecule has 0 saturated carbocycles. The van der Waals surface area contributed by atoms with Crippen molar-refractivity contribution in [2.24, 2.45) is 0 Å². The Balaban J connectivity index is 0.000000500. The standard InChI is InChI=1S/C5H4N4.H2/c1-4-5(2-9-8-1)7-3-6-4;/h1-3H,(H,6,7);1H. The fraction of sp³-hybridized carbons (Fsp3) is 0. The third-order valence-electron chi connectivity index (χ3n) is 1.13.